The van der Waals surface area contributed by atoms with Crippen molar-refractivity contribution in [3.05, 3.63) is 54.1 Å². The highest BCUT2D eigenvalue weighted by Crippen LogP contribution is 2.29. The first-order valence-corrected chi connectivity index (χ1v) is 13.9. The molecule has 0 atom stereocenters. The number of anilines is 3. The number of para-hydroxylation sites is 1. The van der Waals surface area contributed by atoms with Gasteiger partial charge in [0.1, 0.15) is 5.82 Å². The number of rotatable bonds is 8. The van der Waals surface area contributed by atoms with Crippen molar-refractivity contribution in [1.82, 2.24) is 15.3 Å². The summed E-state index contributed by atoms with van der Waals surface area (Å²) in [5, 5.41) is 10.7. The first-order chi connectivity index (χ1) is 18.5. The van der Waals surface area contributed by atoms with E-state index in [2.05, 4.69) is 22.0 Å². The number of carbonyl (C=O) groups is 2. The third-order valence-corrected chi connectivity index (χ3v) is 7.86. The summed E-state index contributed by atoms with van der Waals surface area (Å²) in [7, 11) is 4.00. The van der Waals surface area contributed by atoms with Crippen LogP contribution in [0.3, 0.4) is 0 Å². The van der Waals surface area contributed by atoms with Crippen LogP contribution in [0.4, 0.5) is 17.5 Å². The summed E-state index contributed by atoms with van der Waals surface area (Å²) >= 11 is 0. The molecular formula is C30H38N6O2. The quantitative estimate of drug-likeness (QED) is 0.381. The largest absolute Gasteiger partial charge is 0.362 e. The van der Waals surface area contributed by atoms with E-state index in [4.69, 9.17) is 9.97 Å². The third kappa shape index (κ3) is 6.23. The monoisotopic (exact) mass is 514 g/mol. The standard InChI is InChI=1S/C30H38N6O2/c1-36(2)27-25-12-5-6-13-26(25)34-30(35-27)33-23-16-14-20(15-17-23)19-31-28(37)22-10-7-11-24(18-22)32-29(38)21-8-3-4-9-21/h5-7,10-13,18,20-21,23H,3-4,8-9,14-17,19H2,1-2H3,(H,31,37)(H,32,38)(H,33,34,35)/t20-,23+. The van der Waals surface area contributed by atoms with E-state index < -0.39 is 0 Å². The van der Waals surface area contributed by atoms with E-state index in [1.807, 2.05) is 49.3 Å². The maximum absolute atomic E-state index is 12.8. The molecule has 2 aliphatic carbocycles. The van der Waals surface area contributed by atoms with Gasteiger partial charge in [-0.2, -0.15) is 4.98 Å². The zero-order chi connectivity index (χ0) is 26.5. The summed E-state index contributed by atoms with van der Waals surface area (Å²) in [6.07, 6.45) is 8.23. The van der Waals surface area contributed by atoms with Crippen molar-refractivity contribution in [3.8, 4) is 0 Å². The second-order valence-corrected chi connectivity index (χ2v) is 10.9. The zero-order valence-electron chi connectivity index (χ0n) is 22.4. The minimum absolute atomic E-state index is 0.0671. The highest BCUT2D eigenvalue weighted by atomic mass is 16.2. The van der Waals surface area contributed by atoms with Crippen molar-refractivity contribution in [2.75, 3.05) is 36.2 Å². The van der Waals surface area contributed by atoms with E-state index in [1.165, 1.54) is 0 Å². The lowest BCUT2D eigenvalue weighted by Gasteiger charge is -2.29. The molecule has 3 N–H and O–H groups in total. The van der Waals surface area contributed by atoms with Crippen molar-refractivity contribution in [3.63, 3.8) is 0 Å². The van der Waals surface area contributed by atoms with Crippen LogP contribution in [0.15, 0.2) is 48.5 Å². The molecule has 38 heavy (non-hydrogen) atoms. The molecule has 0 aliphatic heterocycles. The maximum Gasteiger partial charge on any atom is 0.251 e. The van der Waals surface area contributed by atoms with Gasteiger partial charge in [-0.1, -0.05) is 31.0 Å². The molecule has 8 heteroatoms. The van der Waals surface area contributed by atoms with E-state index in [9.17, 15) is 9.59 Å². The Balaban J connectivity index is 1.10. The smallest absolute Gasteiger partial charge is 0.251 e. The molecule has 0 spiro atoms. The number of hydrogen-bond acceptors (Lipinski definition) is 6. The Morgan fingerprint density at radius 2 is 1.68 bits per heavy atom. The van der Waals surface area contributed by atoms with Crippen LogP contribution in [0.1, 0.15) is 61.7 Å². The molecule has 2 fully saturated rings. The van der Waals surface area contributed by atoms with Gasteiger partial charge >= 0.3 is 0 Å². The van der Waals surface area contributed by atoms with Crippen LogP contribution in [0, 0.1) is 11.8 Å². The number of benzene rings is 2. The van der Waals surface area contributed by atoms with Gasteiger partial charge in [-0.25, -0.2) is 4.98 Å². The topological polar surface area (TPSA) is 99.3 Å². The van der Waals surface area contributed by atoms with Gasteiger partial charge in [0, 0.05) is 49.2 Å². The third-order valence-electron chi connectivity index (χ3n) is 7.86. The Bertz CT molecular complexity index is 1280. The van der Waals surface area contributed by atoms with Gasteiger partial charge in [-0.15, -0.1) is 0 Å². The molecule has 8 nitrogen and oxygen atoms in total. The van der Waals surface area contributed by atoms with Crippen LogP contribution in [0.25, 0.3) is 10.9 Å². The predicted molar refractivity (Wildman–Crippen MR) is 153 cm³/mol. The molecule has 0 bridgehead atoms. The number of nitrogens with zero attached hydrogens (tertiary/aromatic N) is 3. The van der Waals surface area contributed by atoms with Gasteiger partial charge in [-0.3, -0.25) is 9.59 Å². The first-order valence-electron chi connectivity index (χ1n) is 13.9. The van der Waals surface area contributed by atoms with Crippen LogP contribution in [-0.4, -0.2) is 48.5 Å². The van der Waals surface area contributed by atoms with Crippen molar-refractivity contribution in [1.29, 1.82) is 0 Å². The van der Waals surface area contributed by atoms with Crippen LogP contribution in [-0.2, 0) is 4.79 Å². The molecular weight excluding hydrogens is 476 g/mol. The lowest BCUT2D eigenvalue weighted by atomic mass is 9.86. The summed E-state index contributed by atoms with van der Waals surface area (Å²) in [5.41, 5.74) is 2.21. The van der Waals surface area contributed by atoms with E-state index in [-0.39, 0.29) is 17.7 Å². The Kier molecular flexibility index (Phi) is 8.05. The van der Waals surface area contributed by atoms with E-state index in [0.717, 1.165) is 68.1 Å². The number of aromatic nitrogens is 2. The summed E-state index contributed by atoms with van der Waals surface area (Å²) in [6.45, 7) is 0.654. The molecule has 200 valence electrons. The summed E-state index contributed by atoms with van der Waals surface area (Å²) in [4.78, 5) is 36.8. The molecule has 2 aromatic carbocycles. The zero-order valence-corrected chi connectivity index (χ0v) is 22.4. The van der Waals surface area contributed by atoms with Gasteiger partial charge in [-0.05, 0) is 74.8 Å². The maximum atomic E-state index is 12.8. The molecule has 2 aliphatic rings. The summed E-state index contributed by atoms with van der Waals surface area (Å²) in [5.74, 6) is 2.10. The SMILES string of the molecule is CN(C)c1nc(N[C@H]2CC[C@@H](CNC(=O)c3cccc(NC(=O)C4CCCC4)c3)CC2)nc2ccccc12. The Labute approximate surface area is 224 Å². The fourth-order valence-electron chi connectivity index (χ4n) is 5.67. The van der Waals surface area contributed by atoms with E-state index in [1.54, 1.807) is 12.1 Å². The number of amides is 2. The predicted octanol–water partition coefficient (Wildman–Crippen LogP) is 5.23. The molecule has 0 radical (unpaired) electrons. The Morgan fingerprint density at radius 3 is 2.45 bits per heavy atom. The molecule has 0 unspecified atom stereocenters. The van der Waals surface area contributed by atoms with E-state index >= 15 is 0 Å². The normalized spacial score (nSPS) is 19.7. The number of carbonyl (C=O) groups excluding carboxylic acids is 2. The Morgan fingerprint density at radius 1 is 0.921 bits per heavy atom. The molecule has 2 saturated carbocycles. The highest BCUT2D eigenvalue weighted by Gasteiger charge is 2.24. The Hall–Kier alpha value is -3.68. The molecule has 1 aromatic heterocycles. The second kappa shape index (κ2) is 11.8. The fourth-order valence-corrected chi connectivity index (χ4v) is 5.67. The average Bonchev–Trinajstić information content (AvgIpc) is 3.48. The van der Waals surface area contributed by atoms with Crippen molar-refractivity contribution in [2.24, 2.45) is 11.8 Å². The summed E-state index contributed by atoms with van der Waals surface area (Å²) < 4.78 is 0. The van der Waals surface area contributed by atoms with Crippen molar-refractivity contribution < 1.29 is 9.59 Å². The molecule has 3 aromatic rings. The number of fused-ring (bicyclic) bond motifs is 1. The molecule has 2 amide bonds. The van der Waals surface area contributed by atoms with E-state index in [0.29, 0.717) is 35.7 Å². The van der Waals surface area contributed by atoms with Gasteiger partial charge in [0.05, 0.1) is 5.52 Å². The molecule has 0 saturated heterocycles. The first kappa shape index (κ1) is 25.9. The van der Waals surface area contributed by atoms with Crippen LogP contribution < -0.4 is 20.9 Å². The number of hydrogen-bond donors (Lipinski definition) is 3. The highest BCUT2D eigenvalue weighted by molar-refractivity contribution is 5.97. The lowest BCUT2D eigenvalue weighted by molar-refractivity contribution is -0.119. The molecule has 1 heterocycles. The van der Waals surface area contributed by atoms with Crippen LogP contribution in [0.2, 0.25) is 0 Å². The van der Waals surface area contributed by atoms with Crippen molar-refractivity contribution >= 4 is 40.2 Å². The van der Waals surface area contributed by atoms with Crippen LogP contribution in [0.5, 0.6) is 0 Å². The minimum atomic E-state index is -0.0945. The average molecular weight is 515 g/mol. The second-order valence-electron chi connectivity index (χ2n) is 10.9. The van der Waals surface area contributed by atoms with Gasteiger partial charge < -0.3 is 20.9 Å². The van der Waals surface area contributed by atoms with Gasteiger partial charge in [0.25, 0.3) is 5.91 Å². The fraction of sp³-hybridized carbons (Fsp3) is 0.467. The van der Waals surface area contributed by atoms with Gasteiger partial charge in [0.2, 0.25) is 11.9 Å². The summed E-state index contributed by atoms with van der Waals surface area (Å²) in [6, 6.07) is 15.6. The lowest BCUT2D eigenvalue weighted by Crippen LogP contribution is -2.34. The minimum Gasteiger partial charge on any atom is -0.362 e. The molecule has 5 rings (SSSR count). The number of nitrogens with one attached hydrogen (secondary N) is 3. The van der Waals surface area contributed by atoms with Crippen molar-refractivity contribution in [2.45, 2.75) is 57.4 Å². The van der Waals surface area contributed by atoms with Crippen LogP contribution >= 0.6 is 0 Å². The van der Waals surface area contributed by atoms with Gasteiger partial charge in [0.15, 0.2) is 0 Å².